The van der Waals surface area contributed by atoms with Gasteiger partial charge in [0.15, 0.2) is 18.7 Å². The summed E-state index contributed by atoms with van der Waals surface area (Å²) in [5.41, 5.74) is 0. The lowest BCUT2D eigenvalue weighted by molar-refractivity contribution is -0.346. The average molecular weight is 823 g/mol. The first-order chi connectivity index (χ1) is 20.8. The first kappa shape index (κ1) is 42.4. The summed E-state index contributed by atoms with van der Waals surface area (Å²) in [5.74, 6) is 0. The van der Waals surface area contributed by atoms with Crippen LogP contribution < -0.4 is 0 Å². The Bertz CT molecular complexity index is 1680. The van der Waals surface area contributed by atoms with Crippen molar-refractivity contribution in [2.45, 2.75) is 61.4 Å². The van der Waals surface area contributed by atoms with Crippen LogP contribution >= 0.6 is 7.82 Å². The SMILES string of the molecule is O=P(O)(O)OC[C@H]1O[C@H](OC2[C@H](OS(=O)(=O)O)[C@@H](O)O[C@H](COS(=O)(=O)O)[C@H]2OS(=O)(=O)O)[C@@H](O)[C@@H](OS(=O)(=O)O)[C@@H]1OS(=O)(=O)O. The van der Waals surface area contributed by atoms with Gasteiger partial charge in [-0.3, -0.25) is 27.3 Å². The van der Waals surface area contributed by atoms with E-state index in [1.165, 1.54) is 0 Å². The summed E-state index contributed by atoms with van der Waals surface area (Å²) in [7, 11) is -34.2. The largest absolute Gasteiger partial charge is 0.469 e. The van der Waals surface area contributed by atoms with E-state index in [2.05, 4.69) is 25.4 Å². The van der Waals surface area contributed by atoms with E-state index in [0.717, 1.165) is 0 Å². The van der Waals surface area contributed by atoms with Gasteiger partial charge in [-0.15, -0.1) is 0 Å². The molecule has 0 aromatic heterocycles. The van der Waals surface area contributed by atoms with Crippen molar-refractivity contribution < 1.29 is 129 Å². The van der Waals surface area contributed by atoms with E-state index in [1.54, 1.807) is 0 Å². The molecular formula is C12H23O29PS5. The molecule has 2 saturated heterocycles. The van der Waals surface area contributed by atoms with Gasteiger partial charge in [0.2, 0.25) is 0 Å². The molecule has 2 fully saturated rings. The van der Waals surface area contributed by atoms with Gasteiger partial charge in [0.05, 0.1) is 13.2 Å². The molecule has 10 atom stereocenters. The van der Waals surface area contributed by atoms with E-state index in [4.69, 9.17) is 42.2 Å². The number of aliphatic hydroxyl groups is 2. The Labute approximate surface area is 263 Å². The second-order valence-corrected chi connectivity index (χ2v) is 15.2. The zero-order chi connectivity index (χ0) is 36.6. The van der Waals surface area contributed by atoms with Crippen LogP contribution in [0.5, 0.6) is 0 Å². The fourth-order valence-corrected chi connectivity index (χ4v) is 6.47. The van der Waals surface area contributed by atoms with Crippen LogP contribution in [0.1, 0.15) is 0 Å². The van der Waals surface area contributed by atoms with Crippen molar-refractivity contribution in [2.24, 2.45) is 0 Å². The normalized spacial score (nSPS) is 33.5. The van der Waals surface area contributed by atoms with Crippen LogP contribution in [-0.2, 0) is 96.2 Å². The summed E-state index contributed by atoms with van der Waals surface area (Å²) in [6.07, 6.45) is -27.8. The molecule has 0 aromatic rings. The lowest BCUT2D eigenvalue weighted by atomic mass is 9.97. The van der Waals surface area contributed by atoms with Gasteiger partial charge in [-0.2, -0.15) is 42.1 Å². The Morgan fingerprint density at radius 2 is 0.957 bits per heavy atom. The minimum absolute atomic E-state index is 1.60. The topological polar surface area (TPSA) is 453 Å². The Hall–Kier alpha value is -0.740. The maximum Gasteiger partial charge on any atom is 0.469 e. The van der Waals surface area contributed by atoms with Crippen LogP contribution in [0, 0.1) is 0 Å². The molecule has 29 nitrogen and oxygen atoms in total. The van der Waals surface area contributed by atoms with Crippen LogP contribution in [-0.4, -0.2) is 159 Å². The molecule has 2 aliphatic heterocycles. The second kappa shape index (κ2) is 15.2. The number of phosphoric ester groups is 1. The molecule has 2 rings (SSSR count). The smallest absolute Gasteiger partial charge is 0.385 e. The highest BCUT2D eigenvalue weighted by atomic mass is 32.3. The molecule has 0 radical (unpaired) electrons. The predicted molar refractivity (Wildman–Crippen MR) is 132 cm³/mol. The molecule has 0 aliphatic carbocycles. The highest BCUT2D eigenvalue weighted by Gasteiger charge is 2.57. The summed E-state index contributed by atoms with van der Waals surface area (Å²) in [5, 5.41) is 21.1. The Morgan fingerprint density at radius 3 is 1.38 bits per heavy atom. The van der Waals surface area contributed by atoms with E-state index in [0.29, 0.717) is 0 Å². The van der Waals surface area contributed by atoms with E-state index < -0.39 is 134 Å². The van der Waals surface area contributed by atoms with Gasteiger partial charge >= 0.3 is 59.8 Å². The average Bonchev–Trinajstić information content (AvgIpc) is 2.80. The monoisotopic (exact) mass is 822 g/mol. The third kappa shape index (κ3) is 15.0. The fourth-order valence-electron chi connectivity index (χ4n) is 3.81. The van der Waals surface area contributed by atoms with Crippen molar-refractivity contribution in [1.29, 1.82) is 0 Å². The van der Waals surface area contributed by atoms with Gasteiger partial charge in [0.25, 0.3) is 0 Å². The maximum atomic E-state index is 11.6. The standard InChI is InChI=1S/C12H23O29PS5/c13-5-8(40-46(27,28)29)6(38-44(21,22)23)3(1-33-42(15,16)17)36-12(5)37-9-7(39-45(24,25)26)4(2-34-43(18,19)20)35-11(14)10(9)41-47(30,31)32/h3-14H,1-2H2,(H2,15,16,17)(H,18,19,20)(H,21,22,23)(H,24,25,26)(H,27,28,29)(H,30,31,32)/t3-,4-,5+,6-,7-,8-,9?,10+,11+,12-/m1/s1. The quantitative estimate of drug-likeness (QED) is 0.0516. The van der Waals surface area contributed by atoms with E-state index in [-0.39, 0.29) is 0 Å². The first-order valence-electron chi connectivity index (χ1n) is 11.1. The van der Waals surface area contributed by atoms with Crippen molar-refractivity contribution in [2.75, 3.05) is 13.2 Å². The van der Waals surface area contributed by atoms with Gasteiger partial charge in [-0.05, 0) is 0 Å². The molecule has 1 unspecified atom stereocenters. The van der Waals surface area contributed by atoms with E-state index in [1.807, 2.05) is 0 Å². The molecule has 0 saturated carbocycles. The zero-order valence-electron chi connectivity index (χ0n) is 21.9. The highest BCUT2D eigenvalue weighted by molar-refractivity contribution is 7.81. The summed E-state index contributed by atoms with van der Waals surface area (Å²) in [4.78, 5) is 18.0. The van der Waals surface area contributed by atoms with Gasteiger partial charge < -0.3 is 34.2 Å². The molecule has 0 spiro atoms. The summed E-state index contributed by atoms with van der Waals surface area (Å²) in [6.45, 7) is -3.22. The van der Waals surface area contributed by atoms with Crippen molar-refractivity contribution in [1.82, 2.24) is 0 Å². The van der Waals surface area contributed by atoms with Crippen LogP contribution in [0.25, 0.3) is 0 Å². The van der Waals surface area contributed by atoms with Crippen molar-refractivity contribution >= 4 is 59.8 Å². The minimum atomic E-state index is -5.83. The number of hydrogen-bond donors (Lipinski definition) is 9. The zero-order valence-corrected chi connectivity index (χ0v) is 26.8. The van der Waals surface area contributed by atoms with Crippen LogP contribution in [0.3, 0.4) is 0 Å². The lowest BCUT2D eigenvalue weighted by Crippen LogP contribution is -2.66. The number of rotatable bonds is 16. The highest BCUT2D eigenvalue weighted by Crippen LogP contribution is 2.39. The number of hydrogen-bond acceptors (Lipinski definition) is 22. The van der Waals surface area contributed by atoms with Gasteiger partial charge in [-0.1, -0.05) is 0 Å². The Balaban J connectivity index is 2.72. The number of aliphatic hydroxyl groups excluding tert-OH is 2. The second-order valence-electron chi connectivity index (χ2n) is 8.65. The maximum absolute atomic E-state index is 11.6. The molecule has 47 heavy (non-hydrogen) atoms. The van der Waals surface area contributed by atoms with Gasteiger partial charge in [0, 0.05) is 0 Å². The molecular weight excluding hydrogens is 799 g/mol. The third-order valence-corrected chi connectivity index (χ3v) is 8.02. The van der Waals surface area contributed by atoms with Crippen molar-refractivity contribution in [3.63, 3.8) is 0 Å². The molecule has 0 bridgehead atoms. The fraction of sp³-hybridized carbons (Fsp3) is 1.00. The van der Waals surface area contributed by atoms with E-state index >= 15 is 0 Å². The summed E-state index contributed by atoms with van der Waals surface area (Å²) < 4.78 is 210. The Kier molecular flexibility index (Phi) is 13.8. The molecule has 0 aromatic carbocycles. The van der Waals surface area contributed by atoms with E-state index in [9.17, 15) is 61.4 Å². The van der Waals surface area contributed by atoms with Gasteiger partial charge in [-0.25, -0.2) is 25.5 Å². The predicted octanol–water partition coefficient (Wildman–Crippen LogP) is -6.14. The van der Waals surface area contributed by atoms with Crippen LogP contribution in [0.2, 0.25) is 0 Å². The molecule has 35 heteroatoms. The molecule has 9 N–H and O–H groups in total. The summed E-state index contributed by atoms with van der Waals surface area (Å²) in [6, 6.07) is 0. The lowest BCUT2D eigenvalue weighted by Gasteiger charge is -2.47. The third-order valence-electron chi connectivity index (χ3n) is 5.23. The molecule has 0 amide bonds. The summed E-state index contributed by atoms with van der Waals surface area (Å²) >= 11 is 0. The van der Waals surface area contributed by atoms with Crippen LogP contribution in [0.4, 0.5) is 0 Å². The van der Waals surface area contributed by atoms with Crippen LogP contribution in [0.15, 0.2) is 0 Å². The number of ether oxygens (including phenoxy) is 3. The molecule has 2 heterocycles. The van der Waals surface area contributed by atoms with Crippen molar-refractivity contribution in [3.05, 3.63) is 0 Å². The van der Waals surface area contributed by atoms with Gasteiger partial charge in [0.1, 0.15) is 42.7 Å². The molecule has 280 valence electrons. The van der Waals surface area contributed by atoms with Crippen molar-refractivity contribution in [3.8, 4) is 0 Å². The minimum Gasteiger partial charge on any atom is -0.385 e. The Morgan fingerprint density at radius 1 is 0.553 bits per heavy atom. The number of phosphoric acid groups is 1. The first-order valence-corrected chi connectivity index (χ1v) is 19.5. The molecule has 2 aliphatic rings.